The zero-order valence-corrected chi connectivity index (χ0v) is 25.6. The van der Waals surface area contributed by atoms with Crippen LogP contribution in [0.25, 0.3) is 11.1 Å². The van der Waals surface area contributed by atoms with Crippen molar-refractivity contribution in [2.45, 2.75) is 51.0 Å². The molecule has 0 aromatic heterocycles. The highest BCUT2D eigenvalue weighted by Gasteiger charge is 2.69. The van der Waals surface area contributed by atoms with Crippen LogP contribution in [0.5, 0.6) is 5.75 Å². The van der Waals surface area contributed by atoms with Gasteiger partial charge in [0.05, 0.1) is 24.2 Å². The van der Waals surface area contributed by atoms with Gasteiger partial charge < -0.3 is 36.0 Å². The van der Waals surface area contributed by atoms with Crippen LogP contribution in [-0.2, 0) is 32.1 Å². The van der Waals surface area contributed by atoms with Crippen LogP contribution in [0.15, 0.2) is 36.4 Å². The van der Waals surface area contributed by atoms with Gasteiger partial charge in [-0.2, -0.15) is 0 Å². The van der Waals surface area contributed by atoms with Gasteiger partial charge in [0, 0.05) is 18.5 Å². The number of alkyl carbamates (subject to hydrolysis) is 1. The van der Waals surface area contributed by atoms with Gasteiger partial charge in [-0.3, -0.25) is 19.2 Å². The summed E-state index contributed by atoms with van der Waals surface area (Å²) in [5.41, 5.74) is 5.41. The Morgan fingerprint density at radius 1 is 1.09 bits per heavy atom. The van der Waals surface area contributed by atoms with E-state index in [1.807, 2.05) is 38.1 Å². The molecule has 5 rings (SSSR count). The molecule has 2 aromatic rings. The zero-order chi connectivity index (χ0) is 33.0. The van der Waals surface area contributed by atoms with Crippen LogP contribution in [0.2, 0.25) is 0 Å². The van der Waals surface area contributed by atoms with E-state index in [2.05, 4.69) is 5.32 Å². The van der Waals surface area contributed by atoms with Crippen molar-refractivity contribution >= 4 is 29.4 Å². The maximum atomic E-state index is 14.0. The second-order valence-corrected chi connectivity index (χ2v) is 13.0. The number of ether oxygens (including phenoxy) is 1. The molecule has 2 amide bonds. The lowest BCUT2D eigenvalue weighted by molar-refractivity contribution is -0.190. The summed E-state index contributed by atoms with van der Waals surface area (Å²) in [5.74, 6) is -9.24. The first-order chi connectivity index (χ1) is 21.2. The van der Waals surface area contributed by atoms with Crippen LogP contribution < -0.4 is 11.1 Å². The number of hydrogen-bond donors (Lipinski definition) is 5. The van der Waals surface area contributed by atoms with E-state index in [0.29, 0.717) is 17.7 Å². The maximum absolute atomic E-state index is 14.0. The number of benzene rings is 2. The van der Waals surface area contributed by atoms with Crippen LogP contribution in [0, 0.1) is 29.6 Å². The van der Waals surface area contributed by atoms with Gasteiger partial charge in [-0.25, -0.2) is 4.79 Å². The van der Waals surface area contributed by atoms with E-state index in [4.69, 9.17) is 10.5 Å². The van der Waals surface area contributed by atoms with Crippen molar-refractivity contribution in [3.8, 4) is 16.9 Å². The number of Topliss-reactive ketones (excluding diaryl/α,β-unsaturated/α-hetero) is 3. The monoisotopic (exact) mass is 621 g/mol. The molecule has 2 saturated carbocycles. The first kappa shape index (κ1) is 32.3. The molecular weight excluding hydrogens is 582 g/mol. The van der Waals surface area contributed by atoms with Crippen molar-refractivity contribution in [3.63, 3.8) is 0 Å². The van der Waals surface area contributed by atoms with Crippen molar-refractivity contribution < 1.29 is 44.0 Å². The normalized spacial score (nSPS) is 29.2. The topological polar surface area (TPSA) is 197 Å². The average Bonchev–Trinajstić information content (AvgIpc) is 2.97. The number of aliphatic hydroxyl groups excluding tert-OH is 1. The first-order valence-electron chi connectivity index (χ1n) is 15.0. The maximum Gasteiger partial charge on any atom is 0.407 e. The number of primary amides is 1. The largest absolute Gasteiger partial charge is 0.507 e. The van der Waals surface area contributed by atoms with Crippen LogP contribution in [0.3, 0.4) is 0 Å². The van der Waals surface area contributed by atoms with Gasteiger partial charge in [0.25, 0.3) is 0 Å². The van der Waals surface area contributed by atoms with Gasteiger partial charge >= 0.3 is 6.09 Å². The molecule has 0 spiro atoms. The van der Waals surface area contributed by atoms with Crippen molar-refractivity contribution in [2.24, 2.45) is 35.3 Å². The summed E-state index contributed by atoms with van der Waals surface area (Å²) in [6.45, 7) is 4.43. The number of fused-ring (bicyclic) bond motifs is 3. The van der Waals surface area contributed by atoms with E-state index >= 15 is 0 Å². The standard InChI is InChI=1S/C33H39N3O9/c1-15(2)14-45-32(43)35-13-16-5-7-17(8-6-16)19-9-10-22(37)24-20(19)11-18-12-21-26(36(3)4)28(39)25(31(34)42)30(41)33(21,44)29(40)23(18)27(24)38/h5-10,15,18,21,23,25-26,28,37,39,44H,11-14H2,1-4H3,(H2,34,42)(H,35,43)/t18-,21-,23?,25?,26-,28?,33-/m1/s1. The number of phenolic OH excluding ortho intramolecular Hbond substituents is 1. The van der Waals surface area contributed by atoms with Gasteiger partial charge in [-0.15, -0.1) is 0 Å². The van der Waals surface area contributed by atoms with Gasteiger partial charge in [0.15, 0.2) is 23.0 Å². The Morgan fingerprint density at radius 2 is 1.76 bits per heavy atom. The molecule has 12 heteroatoms. The Balaban J connectivity index is 1.47. The molecule has 6 N–H and O–H groups in total. The van der Waals surface area contributed by atoms with Crippen molar-refractivity contribution in [2.75, 3.05) is 20.7 Å². The van der Waals surface area contributed by atoms with Gasteiger partial charge in [-0.1, -0.05) is 44.2 Å². The third kappa shape index (κ3) is 5.40. The van der Waals surface area contributed by atoms with Gasteiger partial charge in [0.1, 0.15) is 11.7 Å². The number of likely N-dealkylation sites (N-methyl/N-ethyl adjacent to an activating group) is 1. The van der Waals surface area contributed by atoms with Gasteiger partial charge in [-0.05, 0) is 67.1 Å². The molecule has 2 aromatic carbocycles. The third-order valence-electron chi connectivity index (χ3n) is 9.42. The number of aliphatic hydroxyl groups is 2. The van der Waals surface area contributed by atoms with E-state index in [1.165, 1.54) is 6.07 Å². The highest BCUT2D eigenvalue weighted by molar-refractivity contribution is 6.25. The summed E-state index contributed by atoms with van der Waals surface area (Å²) in [4.78, 5) is 67.2. The number of carbonyl (C=O) groups is 5. The average molecular weight is 622 g/mol. The second-order valence-electron chi connectivity index (χ2n) is 13.0. The molecule has 2 fully saturated rings. The summed E-state index contributed by atoms with van der Waals surface area (Å²) in [5, 5.41) is 36.3. The van der Waals surface area contributed by atoms with Crippen LogP contribution in [0.4, 0.5) is 4.79 Å². The summed E-state index contributed by atoms with van der Waals surface area (Å²) in [7, 11) is 3.20. The summed E-state index contributed by atoms with van der Waals surface area (Å²) < 4.78 is 5.14. The van der Waals surface area contributed by atoms with Gasteiger partial charge in [0.2, 0.25) is 5.91 Å². The van der Waals surface area contributed by atoms with Crippen LogP contribution >= 0.6 is 0 Å². The molecule has 45 heavy (non-hydrogen) atoms. The van der Waals surface area contributed by atoms with E-state index in [1.54, 1.807) is 25.1 Å². The zero-order valence-electron chi connectivity index (χ0n) is 25.6. The third-order valence-corrected chi connectivity index (χ3v) is 9.42. The van der Waals surface area contributed by atoms with E-state index in [0.717, 1.165) is 11.1 Å². The molecule has 240 valence electrons. The lowest BCUT2D eigenvalue weighted by Gasteiger charge is -2.54. The molecule has 0 radical (unpaired) electrons. The number of aromatic hydroxyl groups is 1. The minimum Gasteiger partial charge on any atom is -0.507 e. The quantitative estimate of drug-likeness (QED) is 0.280. The highest BCUT2D eigenvalue weighted by atomic mass is 16.5. The van der Waals surface area contributed by atoms with Crippen LogP contribution in [-0.4, -0.2) is 88.0 Å². The number of nitrogens with one attached hydrogen (secondary N) is 1. The number of ketones is 3. The van der Waals surface area contributed by atoms with E-state index in [-0.39, 0.29) is 36.6 Å². The van der Waals surface area contributed by atoms with Crippen molar-refractivity contribution in [3.05, 3.63) is 53.1 Å². The predicted octanol–water partition coefficient (Wildman–Crippen LogP) is 1.21. The summed E-state index contributed by atoms with van der Waals surface area (Å²) in [6.07, 6.45) is -1.86. The SMILES string of the molecule is CC(C)COC(=O)NCc1ccc(-c2ccc(O)c3c2C[C@@H]2C[C@@H]4[C@@H](N(C)C)C(O)C(C(N)=O)C(=O)[C@]4(O)C(=O)C2C3=O)cc1. The fourth-order valence-corrected chi connectivity index (χ4v) is 7.36. The molecule has 0 bridgehead atoms. The molecular formula is C33H39N3O9. The van der Waals surface area contributed by atoms with E-state index in [9.17, 15) is 39.3 Å². The number of phenols is 1. The molecule has 7 atom stereocenters. The lowest BCUT2D eigenvalue weighted by atomic mass is 9.52. The summed E-state index contributed by atoms with van der Waals surface area (Å²) in [6, 6.07) is 9.37. The lowest BCUT2D eigenvalue weighted by Crippen LogP contribution is -2.75. The minimum absolute atomic E-state index is 0.0296. The Kier molecular flexibility index (Phi) is 8.60. The second kappa shape index (κ2) is 12.0. The number of amides is 2. The Bertz CT molecular complexity index is 1550. The Hall–Kier alpha value is -4.13. The molecule has 0 saturated heterocycles. The number of rotatable bonds is 7. The Labute approximate surface area is 260 Å². The summed E-state index contributed by atoms with van der Waals surface area (Å²) >= 11 is 0. The first-order valence-corrected chi connectivity index (χ1v) is 15.0. The minimum atomic E-state index is -2.71. The predicted molar refractivity (Wildman–Crippen MR) is 161 cm³/mol. The molecule has 0 heterocycles. The number of nitrogens with two attached hydrogens (primary N) is 1. The highest BCUT2D eigenvalue weighted by Crippen LogP contribution is 2.52. The molecule has 3 aliphatic rings. The molecule has 3 aliphatic carbocycles. The Morgan fingerprint density at radius 3 is 2.36 bits per heavy atom. The van der Waals surface area contributed by atoms with Crippen LogP contribution in [0.1, 0.15) is 41.8 Å². The van der Waals surface area contributed by atoms with Crippen molar-refractivity contribution in [1.29, 1.82) is 0 Å². The molecule has 12 nitrogen and oxygen atoms in total. The fourth-order valence-electron chi connectivity index (χ4n) is 7.36. The van der Waals surface area contributed by atoms with Crippen molar-refractivity contribution in [1.82, 2.24) is 10.2 Å². The van der Waals surface area contributed by atoms with E-state index < -0.39 is 70.8 Å². The fraction of sp³-hybridized carbons (Fsp3) is 0.485. The number of hydrogen-bond acceptors (Lipinski definition) is 10. The molecule has 3 unspecified atom stereocenters. The molecule has 0 aliphatic heterocycles. The number of carbonyl (C=O) groups excluding carboxylic acids is 5. The smallest absolute Gasteiger partial charge is 0.407 e. The number of nitrogens with zero attached hydrogens (tertiary/aromatic N) is 1.